The van der Waals surface area contributed by atoms with Gasteiger partial charge in [-0.25, -0.2) is 0 Å². The van der Waals surface area contributed by atoms with Crippen LogP contribution in [-0.2, 0) is 19.1 Å². The first kappa shape index (κ1) is 22.5. The summed E-state index contributed by atoms with van der Waals surface area (Å²) in [6, 6.07) is 34.0. The first-order valence-electron chi connectivity index (χ1n) is 10.0. The molecule has 0 saturated heterocycles. The second kappa shape index (κ2) is 10.3. The van der Waals surface area contributed by atoms with Gasteiger partial charge < -0.3 is 4.74 Å². The molecule has 0 unspecified atom stereocenters. The van der Waals surface area contributed by atoms with Gasteiger partial charge in [0.2, 0.25) is 0 Å². The summed E-state index contributed by atoms with van der Waals surface area (Å²) in [4.78, 5) is 0.168. The molecule has 4 aromatic carbocycles. The predicted octanol–water partition coefficient (Wildman–Crippen LogP) is 2.27. The number of hydrogen-bond acceptors (Lipinski definition) is 4. The summed E-state index contributed by atoms with van der Waals surface area (Å²) < 4.78 is 39.3. The van der Waals surface area contributed by atoms with Gasteiger partial charge in [-0.2, -0.15) is 8.42 Å². The number of ether oxygens (including phenoxy) is 1. The first-order valence-corrected chi connectivity index (χ1v) is 14.5. The molecule has 6 heteroatoms. The Morgan fingerprint density at radius 2 is 1.19 bits per heavy atom. The van der Waals surface area contributed by atoms with Crippen LogP contribution in [0.25, 0.3) is 0 Å². The van der Waals surface area contributed by atoms with Crippen molar-refractivity contribution in [3.63, 3.8) is 0 Å². The van der Waals surface area contributed by atoms with Gasteiger partial charge in [-0.3, -0.25) is 0 Å². The van der Waals surface area contributed by atoms with Crippen LogP contribution in [0.3, 0.4) is 0 Å². The Bertz CT molecular complexity index is 1240. The van der Waals surface area contributed by atoms with Crippen molar-refractivity contribution in [1.29, 1.82) is 0 Å². The van der Waals surface area contributed by atoms with Crippen LogP contribution in [0.5, 0.6) is 5.75 Å². The zero-order valence-electron chi connectivity index (χ0n) is 17.5. The third-order valence-electron chi connectivity index (χ3n) is 4.79. The average Bonchev–Trinajstić information content (AvgIpc) is 2.84. The minimum atomic E-state index is -3.92. The number of rotatable bonds is 8. The van der Waals surface area contributed by atoms with Gasteiger partial charge in [-0.05, 0) is 68.6 Å². The summed E-state index contributed by atoms with van der Waals surface area (Å²) >= 11 is -2.71. The number of methoxy groups -OCH3 is 1. The van der Waals surface area contributed by atoms with Crippen LogP contribution in [0.1, 0.15) is 11.1 Å². The van der Waals surface area contributed by atoms with Crippen molar-refractivity contribution < 1.29 is 35.9 Å². The SMILES string of the molecule is COc1ccc([I+](OS(=O)(=O)c2ccc(Cc3ccccc3)cc2)c2ccccc2)cc1. The van der Waals surface area contributed by atoms with E-state index in [0.29, 0.717) is 0 Å². The molecule has 0 bridgehead atoms. The van der Waals surface area contributed by atoms with E-state index in [9.17, 15) is 8.42 Å². The molecule has 0 spiro atoms. The Morgan fingerprint density at radius 3 is 1.78 bits per heavy atom. The van der Waals surface area contributed by atoms with Crippen LogP contribution in [0.4, 0.5) is 0 Å². The zero-order valence-corrected chi connectivity index (χ0v) is 20.5. The molecular formula is C26H23IO4S+. The summed E-state index contributed by atoms with van der Waals surface area (Å²) in [6.45, 7) is 0. The number of hydrogen-bond donors (Lipinski definition) is 0. The molecule has 163 valence electrons. The Balaban J connectivity index is 1.59. The van der Waals surface area contributed by atoms with E-state index in [-0.39, 0.29) is 4.90 Å². The molecule has 0 aliphatic heterocycles. The van der Waals surface area contributed by atoms with E-state index in [0.717, 1.165) is 24.9 Å². The monoisotopic (exact) mass is 558 g/mol. The molecule has 4 aromatic rings. The molecule has 0 N–H and O–H groups in total. The molecule has 0 fully saturated rings. The molecule has 4 rings (SSSR count). The molecule has 0 aliphatic rings. The fourth-order valence-electron chi connectivity index (χ4n) is 3.14. The largest absolute Gasteiger partial charge is 0.497 e. The van der Waals surface area contributed by atoms with Crippen molar-refractivity contribution in [3.8, 4) is 5.75 Å². The highest BCUT2D eigenvalue weighted by atomic mass is 127. The van der Waals surface area contributed by atoms with Crippen molar-refractivity contribution in [3.05, 3.63) is 127 Å². The molecule has 0 saturated carbocycles. The van der Waals surface area contributed by atoms with E-state index in [1.54, 1.807) is 19.2 Å². The standard InChI is InChI=1S/C26H23IO4S/c1-30-25-16-14-24(15-17-25)27(23-10-6-3-7-11-23)31-32(28,29)26-18-12-22(13-19-26)20-21-8-4-2-5-9-21/h2-19H,20H2,1H3/q+1. The summed E-state index contributed by atoms with van der Waals surface area (Å²) in [5.74, 6) is 0.717. The van der Waals surface area contributed by atoms with Crippen molar-refractivity contribution >= 4 is 10.1 Å². The Kier molecular flexibility index (Phi) is 7.24. The highest BCUT2D eigenvalue weighted by Crippen LogP contribution is 2.15. The molecule has 0 aromatic heterocycles. The fourth-order valence-corrected chi connectivity index (χ4v) is 10.1. The molecule has 4 nitrogen and oxygen atoms in total. The van der Waals surface area contributed by atoms with E-state index in [2.05, 4.69) is 12.1 Å². The van der Waals surface area contributed by atoms with Gasteiger partial charge in [-0.15, -0.1) is 0 Å². The van der Waals surface area contributed by atoms with Crippen molar-refractivity contribution in [1.82, 2.24) is 0 Å². The molecule has 32 heavy (non-hydrogen) atoms. The lowest BCUT2D eigenvalue weighted by Gasteiger charge is -2.08. The molecular weight excluding hydrogens is 535 g/mol. The number of halogens is 1. The van der Waals surface area contributed by atoms with Gasteiger partial charge >= 0.3 is 30.4 Å². The maximum atomic E-state index is 13.2. The van der Waals surface area contributed by atoms with Crippen LogP contribution < -0.4 is 25.0 Å². The average molecular weight is 558 g/mol. The van der Waals surface area contributed by atoms with E-state index in [1.807, 2.05) is 84.9 Å². The normalized spacial score (nSPS) is 11.4. The van der Waals surface area contributed by atoms with Crippen LogP contribution in [0.15, 0.2) is 114 Å². The third-order valence-corrected chi connectivity index (χ3v) is 12.1. The molecule has 0 heterocycles. The zero-order chi connectivity index (χ0) is 22.4. The lowest BCUT2D eigenvalue weighted by molar-refractivity contribution is -1.03. The second-order valence-corrected chi connectivity index (χ2v) is 13.5. The Labute approximate surface area is 196 Å². The van der Waals surface area contributed by atoms with E-state index in [1.165, 1.54) is 5.56 Å². The van der Waals surface area contributed by atoms with Gasteiger partial charge in [0, 0.05) is 0 Å². The Hall–Kier alpha value is -2.68. The quantitative estimate of drug-likeness (QED) is 0.312. The minimum absolute atomic E-state index is 0.168. The second-order valence-electron chi connectivity index (χ2n) is 7.03. The summed E-state index contributed by atoms with van der Waals surface area (Å²) in [6.07, 6.45) is 0.746. The van der Waals surface area contributed by atoms with Crippen molar-refractivity contribution in [2.75, 3.05) is 7.11 Å². The van der Waals surface area contributed by atoms with Crippen LogP contribution in [0.2, 0.25) is 0 Å². The van der Waals surface area contributed by atoms with E-state index < -0.39 is 30.4 Å². The van der Waals surface area contributed by atoms with Crippen LogP contribution >= 0.6 is 0 Å². The molecule has 0 aliphatic carbocycles. The molecule has 0 amide bonds. The molecule has 0 atom stereocenters. The summed E-state index contributed by atoms with van der Waals surface area (Å²) in [5, 5.41) is 0. The highest BCUT2D eigenvalue weighted by molar-refractivity contribution is 7.86. The lowest BCUT2D eigenvalue weighted by Crippen LogP contribution is -3.85. The van der Waals surface area contributed by atoms with Crippen molar-refractivity contribution in [2.24, 2.45) is 0 Å². The van der Waals surface area contributed by atoms with Crippen LogP contribution in [0, 0.1) is 7.14 Å². The summed E-state index contributed by atoms with van der Waals surface area (Å²) in [7, 11) is -2.32. The van der Waals surface area contributed by atoms with Gasteiger partial charge in [-0.1, -0.05) is 60.7 Å². The topological polar surface area (TPSA) is 52.6 Å². The van der Waals surface area contributed by atoms with E-state index in [4.69, 9.17) is 7.25 Å². The lowest BCUT2D eigenvalue weighted by atomic mass is 10.1. The van der Waals surface area contributed by atoms with Gasteiger partial charge in [0.05, 0.1) is 12.0 Å². The van der Waals surface area contributed by atoms with Crippen LogP contribution in [-0.4, -0.2) is 15.5 Å². The smallest absolute Gasteiger partial charge is 0.336 e. The van der Waals surface area contributed by atoms with Crippen molar-refractivity contribution in [2.45, 2.75) is 11.3 Å². The highest BCUT2D eigenvalue weighted by Gasteiger charge is 2.37. The van der Waals surface area contributed by atoms with Gasteiger partial charge in [0.15, 0.2) is 7.14 Å². The maximum absolute atomic E-state index is 13.2. The van der Waals surface area contributed by atoms with Gasteiger partial charge in [0.25, 0.3) is 0 Å². The number of benzene rings is 4. The Morgan fingerprint density at radius 1 is 0.656 bits per heavy atom. The third kappa shape index (κ3) is 5.56. The van der Waals surface area contributed by atoms with E-state index >= 15 is 0 Å². The predicted molar refractivity (Wildman–Crippen MR) is 121 cm³/mol. The maximum Gasteiger partial charge on any atom is 0.336 e. The fraction of sp³-hybridized carbons (Fsp3) is 0.0769. The summed E-state index contributed by atoms with van der Waals surface area (Å²) in [5.41, 5.74) is 2.22. The molecule has 1 radical (unpaired) electrons. The first-order chi connectivity index (χ1) is 15.5. The van der Waals surface area contributed by atoms with Gasteiger partial charge in [0.1, 0.15) is 5.75 Å². The minimum Gasteiger partial charge on any atom is -0.497 e.